The molecule has 2 rings (SSSR count). The Kier molecular flexibility index (Phi) is 4.96. The maximum absolute atomic E-state index is 14.4. The van der Waals surface area contributed by atoms with Crippen LogP contribution in [0.1, 0.15) is 33.3 Å². The van der Waals surface area contributed by atoms with Crippen LogP contribution in [0.5, 0.6) is 0 Å². The molecule has 6 heteroatoms. The van der Waals surface area contributed by atoms with E-state index >= 15 is 0 Å². The van der Waals surface area contributed by atoms with Gasteiger partial charge in [0.05, 0.1) is 19.3 Å². The van der Waals surface area contributed by atoms with Gasteiger partial charge in [0.1, 0.15) is 17.0 Å². The molecule has 3 atom stereocenters. The number of carbonyl (C=O) groups excluding carboxylic acids is 1. The van der Waals surface area contributed by atoms with Gasteiger partial charge >= 0.3 is 6.09 Å². The summed E-state index contributed by atoms with van der Waals surface area (Å²) in [4.78, 5) is 12.3. The zero-order valence-corrected chi connectivity index (χ0v) is 13.9. The molecular formula is C17H24FNO4. The van der Waals surface area contributed by atoms with E-state index < -0.39 is 29.0 Å². The highest BCUT2D eigenvalue weighted by Crippen LogP contribution is 2.40. The van der Waals surface area contributed by atoms with Gasteiger partial charge in [-0.2, -0.15) is 0 Å². The molecule has 5 nitrogen and oxygen atoms in total. The number of aliphatic hydroxyl groups excluding tert-OH is 1. The van der Waals surface area contributed by atoms with Crippen molar-refractivity contribution in [2.45, 2.75) is 44.9 Å². The summed E-state index contributed by atoms with van der Waals surface area (Å²) in [5.74, 6) is -0.938. The van der Waals surface area contributed by atoms with Gasteiger partial charge in [-0.05, 0) is 33.8 Å². The van der Waals surface area contributed by atoms with E-state index in [0.29, 0.717) is 0 Å². The van der Waals surface area contributed by atoms with E-state index in [9.17, 15) is 14.3 Å². The van der Waals surface area contributed by atoms with Gasteiger partial charge in [-0.15, -0.1) is 0 Å². The van der Waals surface area contributed by atoms with Crippen molar-refractivity contribution in [2.75, 3.05) is 13.2 Å². The van der Waals surface area contributed by atoms with Gasteiger partial charge in [0.2, 0.25) is 0 Å². The van der Waals surface area contributed by atoms with Gasteiger partial charge in [-0.3, -0.25) is 0 Å². The van der Waals surface area contributed by atoms with Crippen molar-refractivity contribution in [2.24, 2.45) is 5.92 Å². The Morgan fingerprint density at radius 1 is 1.48 bits per heavy atom. The average Bonchev–Trinajstić information content (AvgIpc) is 2.74. The van der Waals surface area contributed by atoms with Crippen molar-refractivity contribution in [3.63, 3.8) is 0 Å². The highest BCUT2D eigenvalue weighted by atomic mass is 19.1. The summed E-state index contributed by atoms with van der Waals surface area (Å²) in [5.41, 5.74) is -1.56. The fraction of sp³-hybridized carbons (Fsp3) is 0.588. The molecular weight excluding hydrogens is 301 g/mol. The van der Waals surface area contributed by atoms with E-state index in [-0.39, 0.29) is 24.9 Å². The molecule has 1 aliphatic rings. The fourth-order valence-corrected chi connectivity index (χ4v) is 2.97. The Balaban J connectivity index is 2.41. The molecule has 0 aliphatic carbocycles. The standard InChI is InChI=1S/C17H24FNO4/c1-11-13(9-20)17(10-22-11,12-7-5-6-8-14(12)18)19-15(21)23-16(2,3)4/h5-8,11,13,20H,9-10H2,1-4H3,(H,19,21)/t11-,13-,17?/m1/s1. The average molecular weight is 325 g/mol. The first kappa shape index (κ1) is 17.7. The fourth-order valence-electron chi connectivity index (χ4n) is 2.97. The molecule has 1 fully saturated rings. The van der Waals surface area contributed by atoms with E-state index in [4.69, 9.17) is 9.47 Å². The molecule has 1 heterocycles. The van der Waals surface area contributed by atoms with Gasteiger partial charge in [0.25, 0.3) is 0 Å². The molecule has 0 aromatic heterocycles. The lowest BCUT2D eigenvalue weighted by atomic mass is 9.78. The van der Waals surface area contributed by atoms with E-state index in [1.807, 2.05) is 0 Å². The Hall–Kier alpha value is -1.66. The van der Waals surface area contributed by atoms with Crippen LogP contribution >= 0.6 is 0 Å². The van der Waals surface area contributed by atoms with Crippen LogP contribution < -0.4 is 5.32 Å². The maximum Gasteiger partial charge on any atom is 0.408 e. The number of aliphatic hydroxyl groups is 1. The third-order valence-electron chi connectivity index (χ3n) is 4.05. The number of amides is 1. The normalized spacial score (nSPS) is 27.7. The van der Waals surface area contributed by atoms with Gasteiger partial charge < -0.3 is 19.9 Å². The smallest absolute Gasteiger partial charge is 0.408 e. The Morgan fingerprint density at radius 2 is 2.13 bits per heavy atom. The van der Waals surface area contributed by atoms with Crippen LogP contribution in [0.3, 0.4) is 0 Å². The van der Waals surface area contributed by atoms with Gasteiger partial charge in [0, 0.05) is 11.5 Å². The first-order chi connectivity index (χ1) is 10.7. The second-order valence-corrected chi connectivity index (χ2v) is 6.88. The summed E-state index contributed by atoms with van der Waals surface area (Å²) in [5, 5.41) is 12.5. The molecule has 1 aliphatic heterocycles. The summed E-state index contributed by atoms with van der Waals surface area (Å²) in [7, 11) is 0. The molecule has 1 saturated heterocycles. The van der Waals surface area contributed by atoms with Crippen LogP contribution in [0.4, 0.5) is 9.18 Å². The van der Waals surface area contributed by atoms with Crippen molar-refractivity contribution < 1.29 is 23.8 Å². The number of nitrogens with one attached hydrogen (secondary N) is 1. The zero-order chi connectivity index (χ0) is 17.3. The van der Waals surface area contributed by atoms with E-state index in [1.54, 1.807) is 45.9 Å². The first-order valence-corrected chi connectivity index (χ1v) is 7.68. The monoisotopic (exact) mass is 325 g/mol. The van der Waals surface area contributed by atoms with Gasteiger partial charge in [-0.25, -0.2) is 9.18 Å². The lowest BCUT2D eigenvalue weighted by Gasteiger charge is -2.36. The molecule has 1 amide bonds. The van der Waals surface area contributed by atoms with Gasteiger partial charge in [0.15, 0.2) is 0 Å². The third kappa shape index (κ3) is 3.64. The van der Waals surface area contributed by atoms with Crippen LogP contribution in [-0.2, 0) is 15.0 Å². The summed E-state index contributed by atoms with van der Waals surface area (Å²) < 4.78 is 25.3. The number of rotatable bonds is 3. The van der Waals surface area contributed by atoms with Crippen molar-refractivity contribution in [1.29, 1.82) is 0 Å². The molecule has 0 spiro atoms. The summed E-state index contributed by atoms with van der Waals surface area (Å²) in [6.45, 7) is 6.87. The third-order valence-corrected chi connectivity index (χ3v) is 4.05. The van der Waals surface area contributed by atoms with Crippen molar-refractivity contribution in [3.8, 4) is 0 Å². The highest BCUT2D eigenvalue weighted by molar-refractivity contribution is 5.69. The SMILES string of the molecule is C[C@H]1OCC(NC(=O)OC(C)(C)C)(c2ccccc2F)[C@@H]1CO. The minimum absolute atomic E-state index is 0.0690. The minimum Gasteiger partial charge on any atom is -0.444 e. The molecule has 2 N–H and O–H groups in total. The van der Waals surface area contributed by atoms with Gasteiger partial charge in [-0.1, -0.05) is 18.2 Å². The number of halogens is 1. The summed E-state index contributed by atoms with van der Waals surface area (Å²) in [6, 6.07) is 6.18. The predicted molar refractivity (Wildman–Crippen MR) is 83.4 cm³/mol. The quantitative estimate of drug-likeness (QED) is 0.896. The second kappa shape index (κ2) is 6.45. The molecule has 0 saturated carbocycles. The number of carbonyl (C=O) groups is 1. The van der Waals surface area contributed by atoms with Crippen LogP contribution in [0, 0.1) is 11.7 Å². The predicted octanol–water partition coefficient (Wildman–Crippen LogP) is 2.57. The molecule has 0 radical (unpaired) electrons. The van der Waals surface area contributed by atoms with Crippen LogP contribution in [0.25, 0.3) is 0 Å². The Morgan fingerprint density at radius 3 is 2.70 bits per heavy atom. The molecule has 23 heavy (non-hydrogen) atoms. The Bertz CT molecular complexity index is 572. The zero-order valence-electron chi connectivity index (χ0n) is 13.9. The minimum atomic E-state index is -1.16. The van der Waals surface area contributed by atoms with Crippen molar-refractivity contribution in [1.82, 2.24) is 5.32 Å². The van der Waals surface area contributed by atoms with Crippen LogP contribution in [-0.4, -0.2) is 36.1 Å². The summed E-state index contributed by atoms with van der Waals surface area (Å²) >= 11 is 0. The number of ether oxygens (including phenoxy) is 2. The van der Waals surface area contributed by atoms with Crippen LogP contribution in [0.2, 0.25) is 0 Å². The van der Waals surface area contributed by atoms with Crippen LogP contribution in [0.15, 0.2) is 24.3 Å². The molecule has 1 unspecified atom stereocenters. The van der Waals surface area contributed by atoms with Crippen molar-refractivity contribution >= 4 is 6.09 Å². The first-order valence-electron chi connectivity index (χ1n) is 7.68. The topological polar surface area (TPSA) is 67.8 Å². The number of benzene rings is 1. The van der Waals surface area contributed by atoms with E-state index in [1.165, 1.54) is 6.07 Å². The molecule has 0 bridgehead atoms. The number of alkyl carbamates (subject to hydrolysis) is 1. The van der Waals surface area contributed by atoms with E-state index in [2.05, 4.69) is 5.32 Å². The lowest BCUT2D eigenvalue weighted by molar-refractivity contribution is 0.0390. The Labute approximate surface area is 135 Å². The summed E-state index contributed by atoms with van der Waals surface area (Å²) in [6.07, 6.45) is -0.994. The molecule has 1 aromatic carbocycles. The number of hydrogen-bond acceptors (Lipinski definition) is 4. The molecule has 1 aromatic rings. The van der Waals surface area contributed by atoms with Crippen molar-refractivity contribution in [3.05, 3.63) is 35.6 Å². The number of hydrogen-bond donors (Lipinski definition) is 2. The lowest BCUT2D eigenvalue weighted by Crippen LogP contribution is -2.54. The van der Waals surface area contributed by atoms with E-state index in [0.717, 1.165) is 0 Å². The largest absolute Gasteiger partial charge is 0.444 e. The maximum atomic E-state index is 14.4. The molecule has 128 valence electrons. The highest BCUT2D eigenvalue weighted by Gasteiger charge is 2.51. The second-order valence-electron chi connectivity index (χ2n) is 6.88.